The number of aromatic amines is 1. The second-order valence-corrected chi connectivity index (χ2v) is 5.13. The van der Waals surface area contributed by atoms with Crippen molar-refractivity contribution in [2.24, 2.45) is 5.92 Å². The van der Waals surface area contributed by atoms with Gasteiger partial charge in [-0.3, -0.25) is 5.10 Å². The number of aromatic nitrogens is 2. The van der Waals surface area contributed by atoms with Crippen LogP contribution in [0.1, 0.15) is 49.6 Å². The molecule has 0 unspecified atom stereocenters. The zero-order valence-electron chi connectivity index (χ0n) is 8.81. The summed E-state index contributed by atoms with van der Waals surface area (Å²) >= 11 is 3.56. The fourth-order valence-electron chi connectivity index (χ4n) is 1.84. The van der Waals surface area contributed by atoms with Gasteiger partial charge < -0.3 is 0 Å². The van der Waals surface area contributed by atoms with E-state index in [4.69, 9.17) is 0 Å². The quantitative estimate of drug-likeness (QED) is 0.823. The fraction of sp³-hybridized carbons (Fsp3) is 0.727. The fourth-order valence-corrected chi connectivity index (χ4v) is 2.46. The van der Waals surface area contributed by atoms with Crippen molar-refractivity contribution >= 4 is 15.9 Å². The molecule has 0 bridgehead atoms. The molecule has 1 heterocycles. The summed E-state index contributed by atoms with van der Waals surface area (Å²) in [6.07, 6.45) is 3.76. The van der Waals surface area contributed by atoms with Gasteiger partial charge in [-0.25, -0.2) is 0 Å². The standard InChI is InChI=1S/C11H17BrN2/c1-7(2)5-10-9(6-12)11(14-13-10)8-3-4-8/h7-8H,3-6H2,1-2H3,(H,13,14). The van der Waals surface area contributed by atoms with Gasteiger partial charge in [0, 0.05) is 22.5 Å². The Labute approximate surface area is 93.6 Å². The first-order chi connectivity index (χ1) is 6.72. The third kappa shape index (κ3) is 2.02. The van der Waals surface area contributed by atoms with E-state index in [9.17, 15) is 0 Å². The van der Waals surface area contributed by atoms with Crippen LogP contribution in [0.4, 0.5) is 0 Å². The molecule has 1 aliphatic carbocycles. The van der Waals surface area contributed by atoms with Gasteiger partial charge in [-0.1, -0.05) is 29.8 Å². The van der Waals surface area contributed by atoms with Crippen LogP contribution >= 0.6 is 15.9 Å². The summed E-state index contributed by atoms with van der Waals surface area (Å²) in [5.74, 6) is 1.44. The van der Waals surface area contributed by atoms with Crippen molar-refractivity contribution in [2.75, 3.05) is 0 Å². The molecule has 0 aliphatic heterocycles. The molecule has 0 amide bonds. The average molecular weight is 257 g/mol. The number of hydrogen-bond acceptors (Lipinski definition) is 1. The van der Waals surface area contributed by atoms with Gasteiger partial charge in [0.1, 0.15) is 0 Å². The van der Waals surface area contributed by atoms with Crippen molar-refractivity contribution < 1.29 is 0 Å². The Morgan fingerprint density at radius 1 is 1.50 bits per heavy atom. The Bertz CT molecular complexity index is 313. The van der Waals surface area contributed by atoms with Gasteiger partial charge in [0.05, 0.1) is 5.69 Å². The lowest BCUT2D eigenvalue weighted by Crippen LogP contribution is -1.97. The van der Waals surface area contributed by atoms with E-state index in [1.54, 1.807) is 0 Å². The molecule has 2 rings (SSSR count). The zero-order chi connectivity index (χ0) is 10.1. The zero-order valence-corrected chi connectivity index (χ0v) is 10.4. The molecular formula is C11H17BrN2. The van der Waals surface area contributed by atoms with Gasteiger partial charge in [-0.2, -0.15) is 5.10 Å². The molecule has 0 radical (unpaired) electrons. The molecule has 14 heavy (non-hydrogen) atoms. The topological polar surface area (TPSA) is 28.7 Å². The number of alkyl halides is 1. The van der Waals surface area contributed by atoms with Crippen LogP contribution in [0.5, 0.6) is 0 Å². The van der Waals surface area contributed by atoms with Gasteiger partial charge >= 0.3 is 0 Å². The number of nitrogens with one attached hydrogen (secondary N) is 1. The third-order valence-corrected chi connectivity index (χ3v) is 3.26. The molecule has 1 aromatic heterocycles. The first-order valence-corrected chi connectivity index (χ1v) is 6.46. The monoisotopic (exact) mass is 256 g/mol. The maximum Gasteiger partial charge on any atom is 0.0696 e. The second kappa shape index (κ2) is 4.05. The summed E-state index contributed by atoms with van der Waals surface area (Å²) in [5.41, 5.74) is 4.07. The number of H-pyrrole nitrogens is 1. The Kier molecular flexibility index (Phi) is 2.96. The van der Waals surface area contributed by atoms with E-state index in [2.05, 4.69) is 40.0 Å². The molecule has 2 nitrogen and oxygen atoms in total. The first kappa shape index (κ1) is 10.2. The van der Waals surface area contributed by atoms with E-state index in [1.165, 1.54) is 29.8 Å². The summed E-state index contributed by atoms with van der Waals surface area (Å²) in [5, 5.41) is 8.59. The van der Waals surface area contributed by atoms with Crippen LogP contribution in [-0.2, 0) is 11.8 Å². The first-order valence-electron chi connectivity index (χ1n) is 5.34. The molecule has 1 saturated carbocycles. The molecule has 1 aromatic rings. The summed E-state index contributed by atoms with van der Waals surface area (Å²) in [4.78, 5) is 0. The van der Waals surface area contributed by atoms with Gasteiger partial charge in [-0.05, 0) is 25.2 Å². The van der Waals surface area contributed by atoms with Crippen LogP contribution in [0, 0.1) is 5.92 Å². The van der Waals surface area contributed by atoms with Crippen LogP contribution < -0.4 is 0 Å². The predicted molar refractivity (Wildman–Crippen MR) is 61.7 cm³/mol. The molecule has 0 aromatic carbocycles. The smallest absolute Gasteiger partial charge is 0.0696 e. The highest BCUT2D eigenvalue weighted by atomic mass is 79.9. The molecule has 1 N–H and O–H groups in total. The van der Waals surface area contributed by atoms with E-state index in [0.717, 1.165) is 17.7 Å². The summed E-state index contributed by atoms with van der Waals surface area (Å²) in [6.45, 7) is 4.49. The minimum atomic E-state index is 0.695. The van der Waals surface area contributed by atoms with Crippen molar-refractivity contribution in [2.45, 2.75) is 44.4 Å². The van der Waals surface area contributed by atoms with E-state index in [-0.39, 0.29) is 0 Å². The average Bonchev–Trinajstić information content (AvgIpc) is 2.88. The lowest BCUT2D eigenvalue weighted by molar-refractivity contribution is 0.631. The predicted octanol–water partition coefficient (Wildman–Crippen LogP) is 3.38. The molecular weight excluding hydrogens is 240 g/mol. The largest absolute Gasteiger partial charge is 0.282 e. The van der Waals surface area contributed by atoms with Crippen molar-refractivity contribution in [1.82, 2.24) is 10.2 Å². The maximum absolute atomic E-state index is 4.45. The minimum absolute atomic E-state index is 0.695. The molecule has 3 heteroatoms. The Balaban J connectivity index is 2.22. The number of halogens is 1. The van der Waals surface area contributed by atoms with Crippen molar-refractivity contribution in [3.05, 3.63) is 17.0 Å². The minimum Gasteiger partial charge on any atom is -0.282 e. The van der Waals surface area contributed by atoms with Crippen LogP contribution in [0.3, 0.4) is 0 Å². The Morgan fingerprint density at radius 2 is 2.21 bits per heavy atom. The molecule has 0 saturated heterocycles. The summed E-state index contributed by atoms with van der Waals surface area (Å²) < 4.78 is 0. The highest BCUT2D eigenvalue weighted by Crippen LogP contribution is 2.41. The Morgan fingerprint density at radius 3 is 2.71 bits per heavy atom. The highest BCUT2D eigenvalue weighted by Gasteiger charge is 2.29. The van der Waals surface area contributed by atoms with E-state index >= 15 is 0 Å². The van der Waals surface area contributed by atoms with Crippen molar-refractivity contribution in [3.8, 4) is 0 Å². The molecule has 0 spiro atoms. The van der Waals surface area contributed by atoms with E-state index in [0.29, 0.717) is 5.92 Å². The van der Waals surface area contributed by atoms with E-state index < -0.39 is 0 Å². The summed E-state index contributed by atoms with van der Waals surface area (Å²) in [6, 6.07) is 0. The van der Waals surface area contributed by atoms with Crippen LogP contribution in [-0.4, -0.2) is 10.2 Å². The highest BCUT2D eigenvalue weighted by molar-refractivity contribution is 9.08. The second-order valence-electron chi connectivity index (χ2n) is 4.57. The molecule has 78 valence electrons. The van der Waals surface area contributed by atoms with Crippen LogP contribution in [0.2, 0.25) is 0 Å². The molecule has 1 fully saturated rings. The van der Waals surface area contributed by atoms with Gasteiger partial charge in [0.15, 0.2) is 0 Å². The number of rotatable bonds is 4. The summed E-state index contributed by atoms with van der Waals surface area (Å²) in [7, 11) is 0. The Hall–Kier alpha value is -0.310. The normalized spacial score (nSPS) is 16.6. The SMILES string of the molecule is CC(C)Cc1[nH]nc(C2CC2)c1CBr. The van der Waals surface area contributed by atoms with Gasteiger partial charge in [-0.15, -0.1) is 0 Å². The van der Waals surface area contributed by atoms with E-state index in [1.807, 2.05) is 0 Å². The molecule has 1 aliphatic rings. The van der Waals surface area contributed by atoms with Crippen LogP contribution in [0.15, 0.2) is 0 Å². The van der Waals surface area contributed by atoms with Gasteiger partial charge in [0.2, 0.25) is 0 Å². The van der Waals surface area contributed by atoms with Crippen molar-refractivity contribution in [1.29, 1.82) is 0 Å². The lowest BCUT2D eigenvalue weighted by atomic mass is 10.0. The number of nitrogens with zero attached hydrogens (tertiary/aromatic N) is 1. The molecule has 0 atom stereocenters. The van der Waals surface area contributed by atoms with Gasteiger partial charge in [0.25, 0.3) is 0 Å². The van der Waals surface area contributed by atoms with Crippen LogP contribution in [0.25, 0.3) is 0 Å². The number of hydrogen-bond donors (Lipinski definition) is 1. The van der Waals surface area contributed by atoms with Crippen molar-refractivity contribution in [3.63, 3.8) is 0 Å². The third-order valence-electron chi connectivity index (χ3n) is 2.69. The maximum atomic E-state index is 4.45. The lowest BCUT2D eigenvalue weighted by Gasteiger charge is -2.04.